The monoisotopic (exact) mass is 312 g/mol. The smallest absolute Gasteiger partial charge is 0.319 e. The maximum absolute atomic E-state index is 11.8. The number of carbonyl (C=O) groups is 1. The van der Waals surface area contributed by atoms with Crippen molar-refractivity contribution < 1.29 is 14.3 Å². The van der Waals surface area contributed by atoms with Gasteiger partial charge in [-0.3, -0.25) is 0 Å². The molecular weight excluding hydrogens is 292 g/mol. The van der Waals surface area contributed by atoms with Gasteiger partial charge in [0.05, 0.1) is 6.10 Å². The topological polar surface area (TPSA) is 59.6 Å². The number of ether oxygens (including phenoxy) is 2. The Morgan fingerprint density at radius 3 is 2.52 bits per heavy atom. The van der Waals surface area contributed by atoms with Crippen LogP contribution in [0.2, 0.25) is 0 Å². The van der Waals surface area contributed by atoms with Gasteiger partial charge in [-0.25, -0.2) is 4.79 Å². The third-order valence-electron chi connectivity index (χ3n) is 3.61. The van der Waals surface area contributed by atoms with Gasteiger partial charge >= 0.3 is 6.03 Å². The van der Waals surface area contributed by atoms with E-state index in [0.29, 0.717) is 6.54 Å². The van der Waals surface area contributed by atoms with E-state index in [9.17, 15) is 4.79 Å². The van der Waals surface area contributed by atoms with Crippen molar-refractivity contribution in [1.82, 2.24) is 5.32 Å². The van der Waals surface area contributed by atoms with E-state index in [1.807, 2.05) is 54.6 Å². The molecule has 2 aromatic rings. The van der Waals surface area contributed by atoms with Gasteiger partial charge in [-0.1, -0.05) is 18.2 Å². The van der Waals surface area contributed by atoms with Crippen LogP contribution in [0.15, 0.2) is 54.6 Å². The molecule has 120 valence electrons. The molecule has 5 nitrogen and oxygen atoms in total. The molecule has 0 spiro atoms. The van der Waals surface area contributed by atoms with E-state index in [1.165, 1.54) is 0 Å². The van der Waals surface area contributed by atoms with Crippen LogP contribution < -0.4 is 15.4 Å². The molecular formula is C18H20N2O3. The molecule has 2 N–H and O–H groups in total. The van der Waals surface area contributed by atoms with Crippen molar-refractivity contribution in [1.29, 1.82) is 0 Å². The lowest BCUT2D eigenvalue weighted by atomic mass is 10.2. The summed E-state index contributed by atoms with van der Waals surface area (Å²) in [4.78, 5) is 11.8. The fraction of sp³-hybridized carbons (Fsp3) is 0.278. The lowest BCUT2D eigenvalue weighted by Gasteiger charge is -2.12. The van der Waals surface area contributed by atoms with Crippen LogP contribution in [0.5, 0.6) is 11.5 Å². The van der Waals surface area contributed by atoms with Crippen LogP contribution in [0.3, 0.4) is 0 Å². The van der Waals surface area contributed by atoms with Gasteiger partial charge < -0.3 is 20.1 Å². The lowest BCUT2D eigenvalue weighted by Crippen LogP contribution is -2.34. The molecule has 0 aromatic heterocycles. The SMILES string of the molecule is O=C(NCC1CCCO1)Nc1ccc(Oc2ccccc2)cc1. The minimum absolute atomic E-state index is 0.141. The molecule has 1 unspecified atom stereocenters. The summed E-state index contributed by atoms with van der Waals surface area (Å²) in [6.07, 6.45) is 2.21. The van der Waals surface area contributed by atoms with Crippen LogP contribution in [0.1, 0.15) is 12.8 Å². The number of hydrogen-bond donors (Lipinski definition) is 2. The molecule has 1 fully saturated rings. The number of hydrogen-bond acceptors (Lipinski definition) is 3. The number of anilines is 1. The highest BCUT2D eigenvalue weighted by Crippen LogP contribution is 2.22. The van der Waals surface area contributed by atoms with Gasteiger partial charge in [0.15, 0.2) is 0 Å². The number of urea groups is 1. The predicted octanol–water partition coefficient (Wildman–Crippen LogP) is 3.78. The van der Waals surface area contributed by atoms with Gasteiger partial charge in [-0.15, -0.1) is 0 Å². The van der Waals surface area contributed by atoms with Gasteiger partial charge in [0.2, 0.25) is 0 Å². The average molecular weight is 312 g/mol. The Bertz CT molecular complexity index is 622. The van der Waals surface area contributed by atoms with Crippen LogP contribution in [0.4, 0.5) is 10.5 Å². The summed E-state index contributed by atoms with van der Waals surface area (Å²) in [5.74, 6) is 1.50. The molecule has 2 aromatic carbocycles. The predicted molar refractivity (Wildman–Crippen MR) is 89.0 cm³/mol. The van der Waals surface area contributed by atoms with Crippen LogP contribution in [-0.2, 0) is 4.74 Å². The van der Waals surface area contributed by atoms with E-state index < -0.39 is 0 Å². The minimum Gasteiger partial charge on any atom is -0.457 e. The second-order valence-electron chi connectivity index (χ2n) is 5.41. The van der Waals surface area contributed by atoms with Crippen molar-refractivity contribution in [3.8, 4) is 11.5 Å². The number of benzene rings is 2. The number of rotatable bonds is 5. The number of carbonyl (C=O) groups excluding carboxylic acids is 1. The van der Waals surface area contributed by atoms with E-state index >= 15 is 0 Å². The molecule has 1 aliphatic heterocycles. The summed E-state index contributed by atoms with van der Waals surface area (Å²) in [6.45, 7) is 1.33. The maximum Gasteiger partial charge on any atom is 0.319 e. The summed E-state index contributed by atoms with van der Waals surface area (Å²) in [5, 5.41) is 5.62. The van der Waals surface area contributed by atoms with E-state index in [4.69, 9.17) is 9.47 Å². The quantitative estimate of drug-likeness (QED) is 0.883. The summed E-state index contributed by atoms with van der Waals surface area (Å²) in [5.41, 5.74) is 0.718. The molecule has 0 aliphatic carbocycles. The maximum atomic E-state index is 11.8. The van der Waals surface area contributed by atoms with Gasteiger partial charge in [-0.05, 0) is 49.2 Å². The molecule has 23 heavy (non-hydrogen) atoms. The van der Waals surface area contributed by atoms with E-state index in [2.05, 4.69) is 10.6 Å². The van der Waals surface area contributed by atoms with Crippen molar-refractivity contribution >= 4 is 11.7 Å². The molecule has 2 amide bonds. The van der Waals surface area contributed by atoms with Crippen molar-refractivity contribution in [3.05, 3.63) is 54.6 Å². The minimum atomic E-state index is -0.225. The van der Waals surface area contributed by atoms with Crippen LogP contribution >= 0.6 is 0 Å². The zero-order valence-corrected chi connectivity index (χ0v) is 12.8. The molecule has 0 bridgehead atoms. The Balaban J connectivity index is 1.47. The molecule has 3 rings (SSSR count). The summed E-state index contributed by atoms with van der Waals surface area (Å²) in [6, 6.07) is 16.6. The van der Waals surface area contributed by atoms with E-state index in [0.717, 1.165) is 36.6 Å². The summed E-state index contributed by atoms with van der Waals surface area (Å²) in [7, 11) is 0. The second kappa shape index (κ2) is 7.65. The fourth-order valence-corrected chi connectivity index (χ4v) is 2.42. The third-order valence-corrected chi connectivity index (χ3v) is 3.61. The molecule has 1 atom stereocenters. The Hall–Kier alpha value is -2.53. The summed E-state index contributed by atoms with van der Waals surface area (Å²) < 4.78 is 11.2. The molecule has 0 saturated carbocycles. The Labute approximate surface area is 135 Å². The number of nitrogens with one attached hydrogen (secondary N) is 2. The molecule has 1 saturated heterocycles. The highest BCUT2D eigenvalue weighted by atomic mass is 16.5. The van der Waals surface area contributed by atoms with Crippen molar-refractivity contribution in [2.75, 3.05) is 18.5 Å². The first-order chi connectivity index (χ1) is 11.3. The zero-order valence-electron chi connectivity index (χ0n) is 12.8. The Kier molecular flexibility index (Phi) is 5.11. The van der Waals surface area contributed by atoms with Crippen molar-refractivity contribution in [2.45, 2.75) is 18.9 Å². The van der Waals surface area contributed by atoms with E-state index in [-0.39, 0.29) is 12.1 Å². The van der Waals surface area contributed by atoms with Crippen LogP contribution in [0.25, 0.3) is 0 Å². The van der Waals surface area contributed by atoms with Gasteiger partial charge in [0, 0.05) is 18.8 Å². The standard InChI is InChI=1S/C18H20N2O3/c21-18(19-13-17-7-4-12-22-17)20-14-8-10-16(11-9-14)23-15-5-2-1-3-6-15/h1-3,5-6,8-11,17H,4,7,12-13H2,(H2,19,20,21). The fourth-order valence-electron chi connectivity index (χ4n) is 2.42. The molecule has 1 aliphatic rings. The van der Waals surface area contributed by atoms with Crippen molar-refractivity contribution in [2.24, 2.45) is 0 Å². The van der Waals surface area contributed by atoms with Gasteiger partial charge in [0.1, 0.15) is 11.5 Å². The van der Waals surface area contributed by atoms with E-state index in [1.54, 1.807) is 0 Å². The number of para-hydroxylation sites is 1. The molecule has 5 heteroatoms. The zero-order chi connectivity index (χ0) is 15.9. The highest BCUT2D eigenvalue weighted by molar-refractivity contribution is 5.89. The molecule has 0 radical (unpaired) electrons. The normalized spacial score (nSPS) is 16.8. The Morgan fingerprint density at radius 2 is 1.83 bits per heavy atom. The second-order valence-corrected chi connectivity index (χ2v) is 5.41. The average Bonchev–Trinajstić information content (AvgIpc) is 3.09. The van der Waals surface area contributed by atoms with Crippen molar-refractivity contribution in [3.63, 3.8) is 0 Å². The summed E-state index contributed by atoms with van der Waals surface area (Å²) >= 11 is 0. The first-order valence-corrected chi connectivity index (χ1v) is 7.79. The first kappa shape index (κ1) is 15.4. The van der Waals surface area contributed by atoms with Gasteiger partial charge in [0.25, 0.3) is 0 Å². The third kappa shape index (κ3) is 4.72. The molecule has 1 heterocycles. The largest absolute Gasteiger partial charge is 0.457 e. The van der Waals surface area contributed by atoms with Crippen LogP contribution in [0, 0.1) is 0 Å². The lowest BCUT2D eigenvalue weighted by molar-refractivity contribution is 0.112. The number of amides is 2. The Morgan fingerprint density at radius 1 is 1.09 bits per heavy atom. The first-order valence-electron chi connectivity index (χ1n) is 7.79. The van der Waals surface area contributed by atoms with Crippen LogP contribution in [-0.4, -0.2) is 25.3 Å². The highest BCUT2D eigenvalue weighted by Gasteiger charge is 2.16. The van der Waals surface area contributed by atoms with Gasteiger partial charge in [-0.2, -0.15) is 0 Å².